The standard InChI is InChI=1S/C17H23N3O3.C2H6/c1-16-5-6-17(22-7-8-23-17)9-12(16)3-4-14(15(16)21)19-13-10-18-20(2)11-13;1-2/h4,10-12,19H,3,5-9H2,1-2H3;1-2H3. The third-order valence-electron chi connectivity index (χ3n) is 5.65. The van der Waals surface area contributed by atoms with Gasteiger partial charge in [-0.25, -0.2) is 0 Å². The third-order valence-corrected chi connectivity index (χ3v) is 5.65. The topological polar surface area (TPSA) is 65.4 Å². The Labute approximate surface area is 149 Å². The van der Waals surface area contributed by atoms with Gasteiger partial charge in [0.1, 0.15) is 0 Å². The summed E-state index contributed by atoms with van der Waals surface area (Å²) in [5.74, 6) is 0.0406. The molecule has 4 rings (SSSR count). The third kappa shape index (κ3) is 3.25. The van der Waals surface area contributed by atoms with Gasteiger partial charge < -0.3 is 14.8 Å². The number of anilines is 1. The minimum Gasteiger partial charge on any atom is -0.350 e. The molecular weight excluding hydrogens is 318 g/mol. The van der Waals surface area contributed by atoms with Crippen molar-refractivity contribution in [3.8, 4) is 0 Å². The molecule has 0 radical (unpaired) electrons. The van der Waals surface area contributed by atoms with E-state index >= 15 is 0 Å². The number of ketones is 1. The number of aromatic nitrogens is 2. The fraction of sp³-hybridized carbons (Fsp3) is 0.684. The summed E-state index contributed by atoms with van der Waals surface area (Å²) in [6.07, 6.45) is 8.92. The Morgan fingerprint density at radius 2 is 2.00 bits per heavy atom. The van der Waals surface area contributed by atoms with Crippen LogP contribution in [0.5, 0.6) is 0 Å². The maximum Gasteiger partial charge on any atom is 0.184 e. The molecule has 0 aromatic carbocycles. The lowest BCUT2D eigenvalue weighted by molar-refractivity contribution is -0.205. The van der Waals surface area contributed by atoms with Crippen molar-refractivity contribution in [3.05, 3.63) is 24.2 Å². The first-order valence-corrected chi connectivity index (χ1v) is 9.29. The SMILES string of the molecule is CC.Cn1cc(NC2=CCC3CC4(CCC3(C)C2=O)OCCO4)cn1. The van der Waals surface area contributed by atoms with Crippen LogP contribution in [0, 0.1) is 11.3 Å². The molecule has 1 aliphatic heterocycles. The minimum atomic E-state index is -0.438. The van der Waals surface area contributed by atoms with E-state index in [1.807, 2.05) is 33.2 Å². The molecule has 2 atom stereocenters. The molecule has 1 N–H and O–H groups in total. The molecule has 2 heterocycles. The van der Waals surface area contributed by atoms with Crippen molar-refractivity contribution in [1.82, 2.24) is 9.78 Å². The van der Waals surface area contributed by atoms with Gasteiger partial charge in [0.2, 0.25) is 0 Å². The zero-order valence-electron chi connectivity index (χ0n) is 15.7. The Bertz CT molecular complexity index is 661. The van der Waals surface area contributed by atoms with E-state index in [-0.39, 0.29) is 17.1 Å². The molecule has 1 aromatic heterocycles. The molecule has 2 unspecified atom stereocenters. The molecular formula is C19H29N3O3. The smallest absolute Gasteiger partial charge is 0.184 e. The zero-order chi connectivity index (χ0) is 18.1. The van der Waals surface area contributed by atoms with Crippen molar-refractivity contribution >= 4 is 11.5 Å². The number of carbonyl (C=O) groups excluding carboxylic acids is 1. The summed E-state index contributed by atoms with van der Waals surface area (Å²) in [4.78, 5) is 13.1. The van der Waals surface area contributed by atoms with Crippen LogP contribution in [0.15, 0.2) is 24.2 Å². The Kier molecular flexibility index (Phi) is 5.02. The van der Waals surface area contributed by atoms with Gasteiger partial charge in [0, 0.05) is 31.5 Å². The summed E-state index contributed by atoms with van der Waals surface area (Å²) < 4.78 is 13.4. The highest BCUT2D eigenvalue weighted by Crippen LogP contribution is 2.52. The number of nitrogens with zero attached hydrogens (tertiary/aromatic N) is 2. The van der Waals surface area contributed by atoms with Crippen LogP contribution >= 0.6 is 0 Å². The molecule has 25 heavy (non-hydrogen) atoms. The molecule has 1 saturated carbocycles. The van der Waals surface area contributed by atoms with E-state index in [4.69, 9.17) is 9.47 Å². The van der Waals surface area contributed by atoms with Crippen LogP contribution in [-0.4, -0.2) is 34.6 Å². The first-order valence-electron chi connectivity index (χ1n) is 9.29. The molecule has 1 spiro atoms. The highest BCUT2D eigenvalue weighted by Gasteiger charge is 2.54. The Morgan fingerprint density at radius 1 is 1.28 bits per heavy atom. The molecule has 0 amide bonds. The van der Waals surface area contributed by atoms with Gasteiger partial charge in [-0.05, 0) is 18.8 Å². The summed E-state index contributed by atoms with van der Waals surface area (Å²) in [7, 11) is 1.86. The van der Waals surface area contributed by atoms with Crippen molar-refractivity contribution in [2.24, 2.45) is 18.4 Å². The first-order chi connectivity index (χ1) is 12.0. The highest BCUT2D eigenvalue weighted by molar-refractivity contribution is 6.03. The van der Waals surface area contributed by atoms with Crippen LogP contribution in [0.4, 0.5) is 5.69 Å². The second kappa shape index (κ2) is 6.92. The fourth-order valence-electron chi connectivity index (χ4n) is 4.17. The molecule has 6 heteroatoms. The van der Waals surface area contributed by atoms with Gasteiger partial charge in [-0.2, -0.15) is 5.10 Å². The number of aryl methyl sites for hydroxylation is 1. The molecule has 3 aliphatic rings. The number of rotatable bonds is 2. The summed E-state index contributed by atoms with van der Waals surface area (Å²) in [6.45, 7) is 7.43. The van der Waals surface area contributed by atoms with Crippen molar-refractivity contribution in [1.29, 1.82) is 0 Å². The second-order valence-electron chi connectivity index (χ2n) is 7.14. The quantitative estimate of drug-likeness (QED) is 0.889. The van der Waals surface area contributed by atoms with Gasteiger partial charge in [0.15, 0.2) is 11.6 Å². The summed E-state index contributed by atoms with van der Waals surface area (Å²) in [6, 6.07) is 0. The predicted octanol–water partition coefficient (Wildman–Crippen LogP) is 3.26. The number of allylic oxidation sites excluding steroid dienone is 2. The van der Waals surface area contributed by atoms with Crippen LogP contribution < -0.4 is 5.32 Å². The molecule has 0 bridgehead atoms. The van der Waals surface area contributed by atoms with Crippen LogP contribution in [0.25, 0.3) is 0 Å². The van der Waals surface area contributed by atoms with Crippen molar-refractivity contribution in [3.63, 3.8) is 0 Å². The van der Waals surface area contributed by atoms with Crippen molar-refractivity contribution in [2.75, 3.05) is 18.5 Å². The first kappa shape index (κ1) is 18.1. The molecule has 138 valence electrons. The normalized spacial score (nSPS) is 30.3. The molecule has 1 aromatic rings. The van der Waals surface area contributed by atoms with Gasteiger partial charge in [0.05, 0.1) is 30.8 Å². The van der Waals surface area contributed by atoms with E-state index < -0.39 is 5.79 Å². The highest BCUT2D eigenvalue weighted by atomic mass is 16.7. The van der Waals surface area contributed by atoms with Crippen LogP contribution in [0.2, 0.25) is 0 Å². The monoisotopic (exact) mass is 347 g/mol. The Balaban J connectivity index is 0.000000880. The Morgan fingerprint density at radius 3 is 2.64 bits per heavy atom. The maximum atomic E-state index is 13.1. The minimum absolute atomic E-state index is 0.199. The van der Waals surface area contributed by atoms with Crippen LogP contribution in [0.3, 0.4) is 0 Å². The lowest BCUT2D eigenvalue weighted by atomic mass is 9.59. The van der Waals surface area contributed by atoms with E-state index in [9.17, 15) is 4.79 Å². The van der Waals surface area contributed by atoms with Gasteiger partial charge in [-0.3, -0.25) is 9.48 Å². The average molecular weight is 347 g/mol. The van der Waals surface area contributed by atoms with Crippen LogP contribution in [-0.2, 0) is 21.3 Å². The molecule has 1 saturated heterocycles. The number of fused-ring (bicyclic) bond motifs is 1. The largest absolute Gasteiger partial charge is 0.350 e. The number of nitrogens with one attached hydrogen (secondary N) is 1. The average Bonchev–Trinajstić information content (AvgIpc) is 3.24. The van der Waals surface area contributed by atoms with Gasteiger partial charge in [-0.15, -0.1) is 0 Å². The molecule has 2 fully saturated rings. The summed E-state index contributed by atoms with van der Waals surface area (Å²) >= 11 is 0. The van der Waals surface area contributed by atoms with E-state index in [0.29, 0.717) is 18.9 Å². The number of Topliss-reactive ketones (excluding diaryl/α,β-unsaturated/α-hetero) is 1. The predicted molar refractivity (Wildman–Crippen MR) is 96.0 cm³/mol. The van der Waals surface area contributed by atoms with Crippen molar-refractivity contribution < 1.29 is 14.3 Å². The van der Waals surface area contributed by atoms with Gasteiger partial charge >= 0.3 is 0 Å². The van der Waals surface area contributed by atoms with Gasteiger partial charge in [0.25, 0.3) is 0 Å². The van der Waals surface area contributed by atoms with Gasteiger partial charge in [-0.1, -0.05) is 26.8 Å². The molecule has 2 aliphatic carbocycles. The number of hydrogen-bond acceptors (Lipinski definition) is 5. The number of ether oxygens (including phenoxy) is 2. The van der Waals surface area contributed by atoms with E-state index in [1.165, 1.54) is 0 Å². The van der Waals surface area contributed by atoms with E-state index in [0.717, 1.165) is 31.4 Å². The summed E-state index contributed by atoms with van der Waals surface area (Å²) in [5.41, 5.74) is 1.21. The molecule has 6 nitrogen and oxygen atoms in total. The van der Waals surface area contributed by atoms with E-state index in [1.54, 1.807) is 10.9 Å². The van der Waals surface area contributed by atoms with E-state index in [2.05, 4.69) is 17.3 Å². The van der Waals surface area contributed by atoms with Crippen molar-refractivity contribution in [2.45, 2.75) is 52.2 Å². The number of hydrogen-bond donors (Lipinski definition) is 1. The Hall–Kier alpha value is -1.66. The second-order valence-corrected chi connectivity index (χ2v) is 7.14. The summed E-state index contributed by atoms with van der Waals surface area (Å²) in [5, 5.41) is 7.37. The van der Waals surface area contributed by atoms with Crippen LogP contribution in [0.1, 0.15) is 46.5 Å². The lowest BCUT2D eigenvalue weighted by Crippen LogP contribution is -2.50. The number of carbonyl (C=O) groups is 1. The lowest BCUT2D eigenvalue weighted by Gasteiger charge is -2.48. The fourth-order valence-corrected chi connectivity index (χ4v) is 4.17. The maximum absolute atomic E-state index is 13.1. The zero-order valence-corrected chi connectivity index (χ0v) is 15.7.